The third-order valence-electron chi connectivity index (χ3n) is 17.5. The van der Waals surface area contributed by atoms with Gasteiger partial charge in [-0.2, -0.15) is 0 Å². The smallest absolute Gasteiger partial charge is 0.252 e. The molecule has 17 aromatic rings. The summed E-state index contributed by atoms with van der Waals surface area (Å²) in [5.41, 5.74) is 19.4. The zero-order chi connectivity index (χ0) is 53.3. The molecule has 0 unspecified atom stereocenters. The van der Waals surface area contributed by atoms with Crippen molar-refractivity contribution in [2.24, 2.45) is 0 Å². The molecule has 0 atom stereocenters. The normalized spacial score (nSPS) is 13.0. The van der Waals surface area contributed by atoms with Crippen LogP contribution in [0.4, 0.5) is 51.2 Å². The van der Waals surface area contributed by atoms with E-state index in [1.165, 1.54) is 10.8 Å². The molecule has 0 spiro atoms. The van der Waals surface area contributed by atoms with Crippen molar-refractivity contribution in [3.05, 3.63) is 255 Å². The number of anilines is 9. The van der Waals surface area contributed by atoms with Crippen molar-refractivity contribution in [3.63, 3.8) is 0 Å². The fourth-order valence-electron chi connectivity index (χ4n) is 13.9. The summed E-state index contributed by atoms with van der Waals surface area (Å²) < 4.78 is 26.9. The van der Waals surface area contributed by atoms with E-state index in [0.29, 0.717) is 0 Å². The molecule has 13 aromatic carbocycles. The third kappa shape index (κ3) is 6.20. The van der Waals surface area contributed by atoms with E-state index in [2.05, 4.69) is 257 Å². The summed E-state index contributed by atoms with van der Waals surface area (Å²) >= 11 is 0. The Hall–Kier alpha value is -11.0. The molecule has 0 aliphatic carbocycles. The molecule has 6 heterocycles. The Balaban J connectivity index is 0.982. The third-order valence-corrected chi connectivity index (χ3v) is 17.5. The SMILES string of the molecule is c1ccc2cc(N(c3cc4c5c(c3)N(c3ccc6oc7ccccc7c6c3)c3cc6c(cc3B5c3cc5oc7ccccc7c5cc3N4c3ccc4oc5ccccc5c4c3)oc3ccccc36)c3ccc4ccccc4c3)ccc2c1. The molecule has 4 aromatic heterocycles. The van der Waals surface area contributed by atoms with Gasteiger partial charge in [0.2, 0.25) is 0 Å². The second kappa shape index (κ2) is 16.3. The van der Waals surface area contributed by atoms with E-state index in [1.54, 1.807) is 0 Å². The molecule has 8 heteroatoms. The van der Waals surface area contributed by atoms with Crippen molar-refractivity contribution in [2.45, 2.75) is 0 Å². The lowest BCUT2D eigenvalue weighted by atomic mass is 9.33. The van der Waals surface area contributed by atoms with Crippen LogP contribution in [0.2, 0.25) is 0 Å². The molecule has 7 nitrogen and oxygen atoms in total. The molecule has 0 amide bonds. The first-order valence-electron chi connectivity index (χ1n) is 27.9. The lowest BCUT2D eigenvalue weighted by molar-refractivity contribution is 0.668. The average molecular weight is 1050 g/mol. The highest BCUT2D eigenvalue weighted by Crippen LogP contribution is 2.51. The van der Waals surface area contributed by atoms with Crippen LogP contribution in [-0.4, -0.2) is 6.71 Å². The zero-order valence-corrected chi connectivity index (χ0v) is 43.8. The van der Waals surface area contributed by atoms with E-state index >= 15 is 0 Å². The summed E-state index contributed by atoms with van der Waals surface area (Å²) in [5, 5.41) is 13.1. The molecular formula is C74H42BN3O4. The van der Waals surface area contributed by atoms with Gasteiger partial charge < -0.3 is 32.4 Å². The summed E-state index contributed by atoms with van der Waals surface area (Å²) in [5.74, 6) is 0. The highest BCUT2D eigenvalue weighted by atomic mass is 16.3. The molecule has 2 aliphatic rings. The standard InChI is InChI=1S/C74H42BN3O4/c1-3-15-45-33-47(27-25-43(45)13-1)76(48-28-26-44-14-2-4-16-46(44)34-48)51-37-64-74-65(38-51)78(50-30-32-71-57(36-50)53-18-6-10-22-67(53)80-71)63-40-59-55-20-8-12-24-69(55)82-73(59)42-61(63)75(74)60-41-72-58(54-19-7-11-23-68(54)81-72)39-62(60)77(64)49-29-31-70-56(35-49)52-17-5-9-21-66(52)79-70/h1-42H. The van der Waals surface area contributed by atoms with E-state index in [0.717, 1.165) is 166 Å². The number of nitrogens with zero attached hydrogens (tertiary/aromatic N) is 3. The maximum absolute atomic E-state index is 6.88. The molecule has 0 saturated heterocycles. The maximum Gasteiger partial charge on any atom is 0.252 e. The fourth-order valence-corrected chi connectivity index (χ4v) is 13.9. The quantitative estimate of drug-likeness (QED) is 0.159. The Bertz CT molecular complexity index is 5270. The van der Waals surface area contributed by atoms with Gasteiger partial charge in [-0.3, -0.25) is 0 Å². The van der Waals surface area contributed by atoms with Gasteiger partial charge in [0.05, 0.1) is 5.69 Å². The summed E-state index contributed by atoms with van der Waals surface area (Å²) in [4.78, 5) is 7.46. The van der Waals surface area contributed by atoms with Gasteiger partial charge in [0.25, 0.3) is 6.71 Å². The Morgan fingerprint density at radius 1 is 0.256 bits per heavy atom. The number of rotatable bonds is 5. The van der Waals surface area contributed by atoms with Crippen LogP contribution in [0.25, 0.3) is 109 Å². The fraction of sp³-hybridized carbons (Fsp3) is 0. The highest BCUT2D eigenvalue weighted by molar-refractivity contribution is 7.00. The molecule has 19 rings (SSSR count). The number of fused-ring (bicyclic) bond motifs is 18. The van der Waals surface area contributed by atoms with Crippen molar-refractivity contribution in [1.82, 2.24) is 0 Å². The molecule has 0 fully saturated rings. The lowest BCUT2D eigenvalue weighted by Crippen LogP contribution is -2.61. The molecule has 0 saturated carbocycles. The number of furan rings is 4. The first-order chi connectivity index (χ1) is 40.6. The van der Waals surface area contributed by atoms with Gasteiger partial charge in [0, 0.05) is 88.6 Å². The van der Waals surface area contributed by atoms with Gasteiger partial charge >= 0.3 is 0 Å². The van der Waals surface area contributed by atoms with Crippen LogP contribution in [0.15, 0.2) is 272 Å². The second-order valence-corrected chi connectivity index (χ2v) is 22.0. The molecule has 0 N–H and O–H groups in total. The van der Waals surface area contributed by atoms with Crippen molar-refractivity contribution < 1.29 is 17.7 Å². The van der Waals surface area contributed by atoms with Crippen LogP contribution in [0, 0.1) is 0 Å². The molecule has 82 heavy (non-hydrogen) atoms. The van der Waals surface area contributed by atoms with Gasteiger partial charge in [0.1, 0.15) is 44.7 Å². The average Bonchev–Trinajstić information content (AvgIpc) is 3.00. The Kier molecular flexibility index (Phi) is 8.75. The van der Waals surface area contributed by atoms with Crippen LogP contribution >= 0.6 is 0 Å². The van der Waals surface area contributed by atoms with E-state index in [-0.39, 0.29) is 6.71 Å². The van der Waals surface area contributed by atoms with Gasteiger partial charge in [-0.25, -0.2) is 0 Å². The minimum atomic E-state index is -0.279. The van der Waals surface area contributed by atoms with Gasteiger partial charge in [-0.05, 0) is 159 Å². The molecule has 380 valence electrons. The summed E-state index contributed by atoms with van der Waals surface area (Å²) in [6.45, 7) is -0.279. The van der Waals surface area contributed by atoms with E-state index < -0.39 is 0 Å². The van der Waals surface area contributed by atoms with Crippen LogP contribution in [0.1, 0.15) is 0 Å². The first-order valence-corrected chi connectivity index (χ1v) is 27.9. The van der Waals surface area contributed by atoms with Gasteiger partial charge in [0.15, 0.2) is 0 Å². The van der Waals surface area contributed by atoms with E-state index in [9.17, 15) is 0 Å². The lowest BCUT2D eigenvalue weighted by Gasteiger charge is -2.45. The summed E-state index contributed by atoms with van der Waals surface area (Å²) in [6.07, 6.45) is 0. The molecule has 2 aliphatic heterocycles. The van der Waals surface area contributed by atoms with Crippen LogP contribution < -0.4 is 31.1 Å². The Morgan fingerprint density at radius 2 is 0.622 bits per heavy atom. The van der Waals surface area contributed by atoms with Crippen LogP contribution in [0.3, 0.4) is 0 Å². The predicted molar refractivity (Wildman–Crippen MR) is 339 cm³/mol. The van der Waals surface area contributed by atoms with Gasteiger partial charge in [-0.1, -0.05) is 133 Å². The van der Waals surface area contributed by atoms with E-state index in [1.807, 2.05) is 12.1 Å². The monoisotopic (exact) mass is 1050 g/mol. The van der Waals surface area contributed by atoms with Gasteiger partial charge in [-0.15, -0.1) is 0 Å². The summed E-state index contributed by atoms with van der Waals surface area (Å²) in [7, 11) is 0. The molecular weight excluding hydrogens is 1010 g/mol. The zero-order valence-electron chi connectivity index (χ0n) is 43.8. The molecule has 0 bridgehead atoms. The highest BCUT2D eigenvalue weighted by Gasteiger charge is 2.45. The topological polar surface area (TPSA) is 62.3 Å². The van der Waals surface area contributed by atoms with E-state index in [4.69, 9.17) is 17.7 Å². The maximum atomic E-state index is 6.88. The van der Waals surface area contributed by atoms with Crippen LogP contribution in [-0.2, 0) is 0 Å². The minimum Gasteiger partial charge on any atom is -0.456 e. The number of hydrogen-bond acceptors (Lipinski definition) is 7. The number of benzene rings is 13. The second-order valence-electron chi connectivity index (χ2n) is 22.0. The minimum absolute atomic E-state index is 0.279. The van der Waals surface area contributed by atoms with Crippen molar-refractivity contribution >= 4 is 184 Å². The summed E-state index contributed by atoms with van der Waals surface area (Å²) in [6, 6.07) is 92.0. The van der Waals surface area contributed by atoms with Crippen molar-refractivity contribution in [1.29, 1.82) is 0 Å². The predicted octanol–water partition coefficient (Wildman–Crippen LogP) is 19.1. The van der Waals surface area contributed by atoms with Crippen LogP contribution in [0.5, 0.6) is 0 Å². The first kappa shape index (κ1) is 44.0. The Labute approximate surface area is 468 Å². The van der Waals surface area contributed by atoms with Crippen molar-refractivity contribution in [3.8, 4) is 0 Å². The van der Waals surface area contributed by atoms with Crippen molar-refractivity contribution in [2.75, 3.05) is 14.7 Å². The number of hydrogen-bond donors (Lipinski definition) is 0. The number of para-hydroxylation sites is 4. The largest absolute Gasteiger partial charge is 0.456 e. The Morgan fingerprint density at radius 3 is 1.06 bits per heavy atom. The molecule has 0 radical (unpaired) electrons.